The van der Waals surface area contributed by atoms with Gasteiger partial charge >= 0.3 is 0 Å². The van der Waals surface area contributed by atoms with Gasteiger partial charge in [0.1, 0.15) is 5.75 Å². The van der Waals surface area contributed by atoms with Crippen LogP contribution in [0, 0.1) is 0 Å². The van der Waals surface area contributed by atoms with Crippen molar-refractivity contribution in [3.8, 4) is 5.75 Å². The highest BCUT2D eigenvalue weighted by Gasteiger charge is 2.27. The molecular weight excluding hydrogens is 358 g/mol. The lowest BCUT2D eigenvalue weighted by Crippen LogP contribution is -2.49. The third-order valence-corrected chi connectivity index (χ3v) is 5.12. The number of thiophene rings is 1. The molecule has 5 nitrogen and oxygen atoms in total. The third-order valence-electron chi connectivity index (χ3n) is 4.24. The van der Waals surface area contributed by atoms with Gasteiger partial charge in [-0.3, -0.25) is 9.69 Å². The molecule has 1 atom stereocenters. The quantitative estimate of drug-likeness (QED) is 0.807. The first kappa shape index (κ1) is 19.7. The molecular formula is C18H24ClN3O2S. The predicted octanol–water partition coefficient (Wildman–Crippen LogP) is 2.44. The smallest absolute Gasteiger partial charge is 0.234 e. The van der Waals surface area contributed by atoms with Gasteiger partial charge in [-0.1, -0.05) is 24.3 Å². The summed E-state index contributed by atoms with van der Waals surface area (Å²) < 4.78 is 5.49. The molecule has 7 heteroatoms. The number of rotatable bonds is 6. The largest absolute Gasteiger partial charge is 0.496 e. The van der Waals surface area contributed by atoms with Crippen molar-refractivity contribution in [3.63, 3.8) is 0 Å². The number of nitrogens with one attached hydrogen (secondary N) is 2. The maximum Gasteiger partial charge on any atom is 0.234 e. The molecule has 1 aliphatic heterocycles. The van der Waals surface area contributed by atoms with E-state index in [0.717, 1.165) is 30.9 Å². The van der Waals surface area contributed by atoms with Crippen LogP contribution in [-0.4, -0.2) is 44.1 Å². The van der Waals surface area contributed by atoms with Gasteiger partial charge in [0.25, 0.3) is 0 Å². The summed E-state index contributed by atoms with van der Waals surface area (Å²) in [7, 11) is 1.69. The second-order valence-corrected chi connectivity index (χ2v) is 6.82. The Labute approximate surface area is 158 Å². The van der Waals surface area contributed by atoms with Crippen molar-refractivity contribution in [1.82, 2.24) is 15.5 Å². The van der Waals surface area contributed by atoms with E-state index in [0.29, 0.717) is 13.1 Å². The Kier molecular flexibility index (Phi) is 7.71. The summed E-state index contributed by atoms with van der Waals surface area (Å²) in [6, 6.07) is 12.2. The Balaban J connectivity index is 0.00000225. The van der Waals surface area contributed by atoms with Gasteiger partial charge in [0.2, 0.25) is 5.91 Å². The number of benzene rings is 1. The normalized spacial score (nSPS) is 17.6. The Bertz CT molecular complexity index is 666. The monoisotopic (exact) mass is 381 g/mol. The number of amides is 1. The van der Waals surface area contributed by atoms with Gasteiger partial charge in [-0.05, 0) is 17.5 Å². The zero-order chi connectivity index (χ0) is 16.8. The molecule has 1 unspecified atom stereocenters. The van der Waals surface area contributed by atoms with Gasteiger partial charge in [-0.2, -0.15) is 0 Å². The molecule has 1 aromatic heterocycles. The van der Waals surface area contributed by atoms with Gasteiger partial charge < -0.3 is 15.4 Å². The third kappa shape index (κ3) is 5.19. The van der Waals surface area contributed by atoms with E-state index in [1.165, 1.54) is 4.88 Å². The van der Waals surface area contributed by atoms with Crippen LogP contribution in [0.5, 0.6) is 5.75 Å². The standard InChI is InChI=1S/C18H23N3O2S.ClH/c1-23-17-7-3-2-6-15(17)16-12-19-8-9-21(16)13-18(22)20-11-14-5-4-10-24-14;/h2-7,10,16,19H,8-9,11-13H2,1H3,(H,20,22);1H. The molecule has 0 spiro atoms. The first-order valence-electron chi connectivity index (χ1n) is 8.14. The van der Waals surface area contributed by atoms with Crippen LogP contribution >= 0.6 is 23.7 Å². The van der Waals surface area contributed by atoms with Crippen molar-refractivity contribution >= 4 is 29.7 Å². The Hall–Kier alpha value is -1.60. The molecule has 1 aromatic carbocycles. The average Bonchev–Trinajstić information content (AvgIpc) is 3.14. The number of piperazine rings is 1. The summed E-state index contributed by atoms with van der Waals surface area (Å²) >= 11 is 1.66. The molecule has 0 bridgehead atoms. The van der Waals surface area contributed by atoms with E-state index < -0.39 is 0 Å². The number of methoxy groups -OCH3 is 1. The highest BCUT2D eigenvalue weighted by atomic mass is 35.5. The van der Waals surface area contributed by atoms with Gasteiger partial charge in [0.15, 0.2) is 0 Å². The molecule has 3 rings (SSSR count). The summed E-state index contributed by atoms with van der Waals surface area (Å²) in [5, 5.41) is 8.45. The Morgan fingerprint density at radius 2 is 2.20 bits per heavy atom. The zero-order valence-corrected chi connectivity index (χ0v) is 15.9. The Morgan fingerprint density at radius 1 is 1.36 bits per heavy atom. The predicted molar refractivity (Wildman–Crippen MR) is 104 cm³/mol. The number of hydrogen-bond donors (Lipinski definition) is 2. The summed E-state index contributed by atoms with van der Waals surface area (Å²) in [6.07, 6.45) is 0. The minimum atomic E-state index is 0. The molecule has 0 aliphatic carbocycles. The van der Waals surface area contributed by atoms with Crippen molar-refractivity contribution in [2.45, 2.75) is 12.6 Å². The van der Waals surface area contributed by atoms with Crippen LogP contribution in [0.2, 0.25) is 0 Å². The summed E-state index contributed by atoms with van der Waals surface area (Å²) in [5.41, 5.74) is 1.12. The van der Waals surface area contributed by atoms with Crippen molar-refractivity contribution in [1.29, 1.82) is 0 Å². The molecule has 2 heterocycles. The first-order chi connectivity index (χ1) is 11.8. The second-order valence-electron chi connectivity index (χ2n) is 5.79. The topological polar surface area (TPSA) is 53.6 Å². The fourth-order valence-electron chi connectivity index (χ4n) is 3.02. The van der Waals surface area contributed by atoms with Gasteiger partial charge in [0.05, 0.1) is 26.2 Å². The van der Waals surface area contributed by atoms with E-state index in [4.69, 9.17) is 4.74 Å². The zero-order valence-electron chi connectivity index (χ0n) is 14.2. The highest BCUT2D eigenvalue weighted by Crippen LogP contribution is 2.29. The SMILES string of the molecule is COc1ccccc1C1CNCCN1CC(=O)NCc1cccs1.Cl. The summed E-state index contributed by atoms with van der Waals surface area (Å²) in [6.45, 7) is 3.55. The number of para-hydroxylation sites is 1. The number of hydrogen-bond acceptors (Lipinski definition) is 5. The van der Waals surface area contributed by atoms with Crippen LogP contribution in [0.4, 0.5) is 0 Å². The van der Waals surface area contributed by atoms with Crippen LogP contribution < -0.4 is 15.4 Å². The lowest BCUT2D eigenvalue weighted by molar-refractivity contribution is -0.123. The second kappa shape index (κ2) is 9.77. The van der Waals surface area contributed by atoms with Gasteiger partial charge in [0, 0.05) is 30.1 Å². The number of ether oxygens (including phenoxy) is 1. The van der Waals surface area contributed by atoms with Crippen LogP contribution in [-0.2, 0) is 11.3 Å². The number of halogens is 1. The molecule has 25 heavy (non-hydrogen) atoms. The van der Waals surface area contributed by atoms with E-state index in [9.17, 15) is 4.79 Å². The molecule has 2 aromatic rings. The van der Waals surface area contributed by atoms with E-state index >= 15 is 0 Å². The molecule has 0 radical (unpaired) electrons. The number of carbonyl (C=O) groups excluding carboxylic acids is 1. The van der Waals surface area contributed by atoms with E-state index in [2.05, 4.69) is 21.6 Å². The minimum Gasteiger partial charge on any atom is -0.496 e. The van der Waals surface area contributed by atoms with Crippen LogP contribution in [0.1, 0.15) is 16.5 Å². The Morgan fingerprint density at radius 3 is 2.96 bits per heavy atom. The molecule has 136 valence electrons. The maximum atomic E-state index is 12.3. The minimum absolute atomic E-state index is 0. The van der Waals surface area contributed by atoms with Crippen molar-refractivity contribution in [3.05, 3.63) is 52.2 Å². The molecule has 1 saturated heterocycles. The number of carbonyl (C=O) groups is 1. The van der Waals surface area contributed by atoms with Crippen LogP contribution in [0.15, 0.2) is 41.8 Å². The van der Waals surface area contributed by atoms with E-state index in [-0.39, 0.29) is 24.4 Å². The van der Waals surface area contributed by atoms with Crippen molar-refractivity contribution < 1.29 is 9.53 Å². The van der Waals surface area contributed by atoms with Crippen molar-refractivity contribution in [2.75, 3.05) is 33.3 Å². The molecule has 2 N–H and O–H groups in total. The van der Waals surface area contributed by atoms with Crippen molar-refractivity contribution in [2.24, 2.45) is 0 Å². The van der Waals surface area contributed by atoms with E-state index in [1.807, 2.05) is 35.7 Å². The summed E-state index contributed by atoms with van der Waals surface area (Å²) in [5.74, 6) is 0.931. The van der Waals surface area contributed by atoms with Gasteiger partial charge in [-0.25, -0.2) is 0 Å². The number of nitrogens with zero attached hydrogens (tertiary/aromatic N) is 1. The van der Waals surface area contributed by atoms with E-state index in [1.54, 1.807) is 18.4 Å². The fraction of sp³-hybridized carbons (Fsp3) is 0.389. The molecule has 1 amide bonds. The first-order valence-corrected chi connectivity index (χ1v) is 9.02. The fourth-order valence-corrected chi connectivity index (χ4v) is 3.67. The maximum absolute atomic E-state index is 12.3. The lowest BCUT2D eigenvalue weighted by atomic mass is 10.0. The average molecular weight is 382 g/mol. The van der Waals surface area contributed by atoms with Crippen LogP contribution in [0.3, 0.4) is 0 Å². The van der Waals surface area contributed by atoms with Gasteiger partial charge in [-0.15, -0.1) is 23.7 Å². The molecule has 1 fully saturated rings. The molecule has 0 saturated carbocycles. The highest BCUT2D eigenvalue weighted by molar-refractivity contribution is 7.09. The molecule has 1 aliphatic rings. The van der Waals surface area contributed by atoms with Crippen LogP contribution in [0.25, 0.3) is 0 Å². The summed E-state index contributed by atoms with van der Waals surface area (Å²) in [4.78, 5) is 15.7. The lowest BCUT2D eigenvalue weighted by Gasteiger charge is -2.36.